The predicted molar refractivity (Wildman–Crippen MR) is 154 cm³/mol. The minimum atomic E-state index is -0.174. The van der Waals surface area contributed by atoms with Crippen LogP contribution in [0.5, 0.6) is 5.75 Å². The van der Waals surface area contributed by atoms with E-state index in [4.69, 9.17) is 21.6 Å². The molecule has 6 rings (SSSR count). The molecule has 9 nitrogen and oxygen atoms in total. The molecule has 1 saturated carbocycles. The van der Waals surface area contributed by atoms with E-state index in [0.717, 1.165) is 62.3 Å². The second kappa shape index (κ2) is 12.3. The highest BCUT2D eigenvalue weighted by Gasteiger charge is 2.37. The fourth-order valence-corrected chi connectivity index (χ4v) is 7.08. The molecule has 40 heavy (non-hydrogen) atoms. The molecule has 3 saturated heterocycles. The molecule has 0 spiro atoms. The van der Waals surface area contributed by atoms with Gasteiger partial charge in [0.15, 0.2) is 11.5 Å². The normalized spacial score (nSPS) is 27.2. The SMILES string of the molecule is N#Cc1ccc(OC2CCC(NC(=O)c3ccc(N4CCC(CN5CC6CNCC6C5)CC4)nn3)CC2)cc1Cl. The maximum absolute atomic E-state index is 12.8. The van der Waals surface area contributed by atoms with Crippen LogP contribution < -0.4 is 20.3 Å². The topological polar surface area (TPSA) is 106 Å². The van der Waals surface area contributed by atoms with Gasteiger partial charge in [-0.15, -0.1) is 10.2 Å². The number of likely N-dealkylation sites (tertiary alicyclic amines) is 1. The monoisotopic (exact) mass is 563 g/mol. The highest BCUT2D eigenvalue weighted by Crippen LogP contribution is 2.30. The number of nitrogens with one attached hydrogen (secondary N) is 2. The van der Waals surface area contributed by atoms with E-state index in [-0.39, 0.29) is 18.1 Å². The quantitative estimate of drug-likeness (QED) is 0.527. The summed E-state index contributed by atoms with van der Waals surface area (Å²) in [5.41, 5.74) is 0.798. The van der Waals surface area contributed by atoms with Gasteiger partial charge in [0.1, 0.15) is 11.8 Å². The van der Waals surface area contributed by atoms with E-state index >= 15 is 0 Å². The Bertz CT molecular complexity index is 1210. The number of carbonyl (C=O) groups excluding carboxylic acids is 1. The number of halogens is 1. The zero-order valence-corrected chi connectivity index (χ0v) is 23.7. The number of piperidine rings is 1. The maximum atomic E-state index is 12.8. The van der Waals surface area contributed by atoms with Gasteiger partial charge >= 0.3 is 0 Å². The summed E-state index contributed by atoms with van der Waals surface area (Å²) in [4.78, 5) is 17.8. The highest BCUT2D eigenvalue weighted by molar-refractivity contribution is 6.31. The Kier molecular flexibility index (Phi) is 8.38. The lowest BCUT2D eigenvalue weighted by Crippen LogP contribution is -2.40. The van der Waals surface area contributed by atoms with Gasteiger partial charge < -0.3 is 25.2 Å². The predicted octanol–water partition coefficient (Wildman–Crippen LogP) is 3.49. The van der Waals surface area contributed by atoms with Gasteiger partial charge in [-0.2, -0.15) is 5.26 Å². The van der Waals surface area contributed by atoms with E-state index < -0.39 is 0 Å². The lowest BCUT2D eigenvalue weighted by atomic mass is 9.93. The van der Waals surface area contributed by atoms with Crippen LogP contribution in [0.2, 0.25) is 5.02 Å². The van der Waals surface area contributed by atoms with Crippen molar-refractivity contribution < 1.29 is 9.53 Å². The third-order valence-corrected chi connectivity index (χ3v) is 9.49. The molecule has 4 aliphatic rings. The smallest absolute Gasteiger partial charge is 0.272 e. The minimum Gasteiger partial charge on any atom is -0.490 e. The summed E-state index contributed by atoms with van der Waals surface area (Å²) in [7, 11) is 0. The van der Waals surface area contributed by atoms with Gasteiger partial charge in [-0.1, -0.05) is 11.6 Å². The van der Waals surface area contributed by atoms with E-state index in [0.29, 0.717) is 22.0 Å². The largest absolute Gasteiger partial charge is 0.490 e. The van der Waals surface area contributed by atoms with Crippen molar-refractivity contribution in [3.05, 3.63) is 46.6 Å². The third-order valence-electron chi connectivity index (χ3n) is 9.18. The number of aromatic nitrogens is 2. The van der Waals surface area contributed by atoms with E-state index in [1.54, 1.807) is 24.3 Å². The molecule has 1 aromatic carbocycles. The van der Waals surface area contributed by atoms with Crippen LogP contribution in [-0.2, 0) is 0 Å². The zero-order valence-electron chi connectivity index (χ0n) is 22.9. The fraction of sp³-hybridized carbons (Fsp3) is 0.600. The van der Waals surface area contributed by atoms with Gasteiger partial charge in [0.05, 0.1) is 16.7 Å². The Morgan fingerprint density at radius 2 is 1.80 bits per heavy atom. The summed E-state index contributed by atoms with van der Waals surface area (Å²) in [5, 5.41) is 24.8. The standard InChI is InChI=1S/C30H38ClN7O2/c31-27-13-26(4-1-21(27)14-32)40-25-5-2-24(3-6-25)34-30(39)28-7-8-29(36-35-28)38-11-9-20(10-12-38)17-37-18-22-15-33-16-23(22)19-37/h1,4,7-8,13,20,22-25,33H,2-3,5-6,9-12,15-19H2,(H,34,39). The van der Waals surface area contributed by atoms with Crippen molar-refractivity contribution in [1.82, 2.24) is 25.7 Å². The number of rotatable bonds is 7. The lowest BCUT2D eigenvalue weighted by Gasteiger charge is -2.34. The molecule has 212 valence electrons. The second-order valence-corrected chi connectivity index (χ2v) is 12.3. The molecule has 2 N–H and O–H groups in total. The average Bonchev–Trinajstić information content (AvgIpc) is 3.57. The van der Waals surface area contributed by atoms with Crippen LogP contribution in [0.3, 0.4) is 0 Å². The number of hydrogen-bond donors (Lipinski definition) is 2. The molecule has 0 bridgehead atoms. The van der Waals surface area contributed by atoms with Gasteiger partial charge in [0, 0.05) is 44.8 Å². The minimum absolute atomic E-state index is 0.0627. The van der Waals surface area contributed by atoms with Crippen molar-refractivity contribution in [2.75, 3.05) is 50.7 Å². The molecule has 0 radical (unpaired) electrons. The number of anilines is 1. The Balaban J connectivity index is 0.920. The molecule has 2 atom stereocenters. The first-order valence-electron chi connectivity index (χ1n) is 14.7. The molecule has 4 heterocycles. The molecule has 3 aliphatic heterocycles. The average molecular weight is 564 g/mol. The van der Waals surface area contributed by atoms with Gasteiger partial charge in [-0.25, -0.2) is 0 Å². The van der Waals surface area contributed by atoms with Crippen LogP contribution >= 0.6 is 11.6 Å². The number of benzene rings is 1. The summed E-state index contributed by atoms with van der Waals surface area (Å²) in [6.45, 7) is 8.12. The van der Waals surface area contributed by atoms with E-state index in [1.165, 1.54) is 45.6 Å². The van der Waals surface area contributed by atoms with E-state index in [9.17, 15) is 4.79 Å². The Hall–Kier alpha value is -2.93. The summed E-state index contributed by atoms with van der Waals surface area (Å²) in [6.07, 6.45) is 5.75. The Morgan fingerprint density at radius 3 is 2.45 bits per heavy atom. The maximum Gasteiger partial charge on any atom is 0.272 e. The van der Waals surface area contributed by atoms with Gasteiger partial charge in [0.25, 0.3) is 5.91 Å². The van der Waals surface area contributed by atoms with Gasteiger partial charge in [0.2, 0.25) is 0 Å². The van der Waals surface area contributed by atoms with Crippen molar-refractivity contribution in [3.8, 4) is 11.8 Å². The van der Waals surface area contributed by atoms with E-state index in [1.807, 2.05) is 6.07 Å². The first-order chi connectivity index (χ1) is 19.5. The number of nitrogens with zero attached hydrogens (tertiary/aromatic N) is 5. The number of ether oxygens (including phenoxy) is 1. The summed E-state index contributed by atoms with van der Waals surface area (Å²) >= 11 is 6.12. The molecule has 1 amide bonds. The van der Waals surface area contributed by atoms with Crippen LogP contribution in [0, 0.1) is 29.1 Å². The summed E-state index contributed by atoms with van der Waals surface area (Å²) in [6, 6.07) is 11.0. The molecular formula is C30H38ClN7O2. The number of amides is 1. The molecule has 10 heteroatoms. The Morgan fingerprint density at radius 1 is 1.05 bits per heavy atom. The van der Waals surface area contributed by atoms with E-state index in [2.05, 4.69) is 36.7 Å². The highest BCUT2D eigenvalue weighted by atomic mass is 35.5. The first kappa shape index (κ1) is 27.3. The molecule has 1 aromatic heterocycles. The first-order valence-corrected chi connectivity index (χ1v) is 15.1. The van der Waals surface area contributed by atoms with Crippen LogP contribution in [0.15, 0.2) is 30.3 Å². The van der Waals surface area contributed by atoms with Crippen molar-refractivity contribution in [3.63, 3.8) is 0 Å². The van der Waals surface area contributed by atoms with Gasteiger partial charge in [-0.3, -0.25) is 4.79 Å². The van der Waals surface area contributed by atoms with Crippen molar-refractivity contribution in [2.45, 2.75) is 50.7 Å². The molecule has 4 fully saturated rings. The third kappa shape index (κ3) is 6.35. The summed E-state index contributed by atoms with van der Waals surface area (Å²) < 4.78 is 6.06. The zero-order chi connectivity index (χ0) is 27.5. The fourth-order valence-electron chi connectivity index (χ4n) is 6.86. The Labute approximate surface area is 241 Å². The second-order valence-electron chi connectivity index (χ2n) is 11.9. The summed E-state index contributed by atoms with van der Waals surface area (Å²) in [5.74, 6) is 3.82. The molecule has 2 aromatic rings. The van der Waals surface area contributed by atoms with Crippen LogP contribution in [0.25, 0.3) is 0 Å². The lowest BCUT2D eigenvalue weighted by molar-refractivity contribution is 0.0888. The van der Waals surface area contributed by atoms with Crippen LogP contribution in [0.4, 0.5) is 5.82 Å². The van der Waals surface area contributed by atoms with Gasteiger partial charge in [-0.05, 0) is 93.6 Å². The molecular weight excluding hydrogens is 526 g/mol. The van der Waals surface area contributed by atoms with Crippen molar-refractivity contribution in [2.24, 2.45) is 17.8 Å². The van der Waals surface area contributed by atoms with Crippen LogP contribution in [-0.4, -0.2) is 79.0 Å². The number of carbonyl (C=O) groups is 1. The van der Waals surface area contributed by atoms with Crippen LogP contribution in [0.1, 0.15) is 54.6 Å². The van der Waals surface area contributed by atoms with Crippen molar-refractivity contribution in [1.29, 1.82) is 5.26 Å². The number of nitriles is 1. The molecule has 2 unspecified atom stereocenters. The number of hydrogen-bond acceptors (Lipinski definition) is 8. The molecule has 1 aliphatic carbocycles. The number of fused-ring (bicyclic) bond motifs is 1. The van der Waals surface area contributed by atoms with Crippen molar-refractivity contribution >= 4 is 23.3 Å².